The summed E-state index contributed by atoms with van der Waals surface area (Å²) in [6, 6.07) is 20.5. The molecule has 0 spiro atoms. The zero-order valence-electron chi connectivity index (χ0n) is 30.1. The second kappa shape index (κ2) is 14.2. The molecule has 0 radical (unpaired) electrons. The summed E-state index contributed by atoms with van der Waals surface area (Å²) in [4.78, 5) is 33.3. The Morgan fingerprint density at radius 2 is 1.79 bits per heavy atom. The predicted molar refractivity (Wildman–Crippen MR) is 192 cm³/mol. The van der Waals surface area contributed by atoms with Crippen LogP contribution in [-0.2, 0) is 33.3 Å². The molecular formula is C40H54N4O4. The minimum absolute atomic E-state index is 0.000409. The molecule has 2 aromatic carbocycles. The van der Waals surface area contributed by atoms with Gasteiger partial charge >= 0.3 is 12.2 Å². The molecule has 0 bridgehead atoms. The van der Waals surface area contributed by atoms with Crippen molar-refractivity contribution in [3.8, 4) is 0 Å². The number of hydrogen-bond acceptors (Lipinski definition) is 6. The van der Waals surface area contributed by atoms with Crippen LogP contribution in [0.15, 0.2) is 60.7 Å². The first-order valence-electron chi connectivity index (χ1n) is 17.6. The zero-order valence-corrected chi connectivity index (χ0v) is 30.1. The molecule has 2 fully saturated rings. The van der Waals surface area contributed by atoms with Gasteiger partial charge in [-0.1, -0.05) is 83.0 Å². The van der Waals surface area contributed by atoms with Gasteiger partial charge in [0.05, 0.1) is 18.1 Å². The fraction of sp³-hybridized carbons (Fsp3) is 0.525. The second-order valence-electron chi connectivity index (χ2n) is 15.6. The Kier molecular flexibility index (Phi) is 10.4. The van der Waals surface area contributed by atoms with Gasteiger partial charge in [-0.25, -0.2) is 14.6 Å². The molecular weight excluding hydrogens is 600 g/mol. The Hall–Kier alpha value is -4.07. The van der Waals surface area contributed by atoms with Crippen molar-refractivity contribution in [1.82, 2.24) is 15.2 Å². The van der Waals surface area contributed by atoms with E-state index in [2.05, 4.69) is 85.8 Å². The molecule has 1 aliphatic carbocycles. The van der Waals surface area contributed by atoms with Gasteiger partial charge in [-0.05, 0) is 106 Å². The van der Waals surface area contributed by atoms with E-state index < -0.39 is 23.8 Å². The van der Waals surface area contributed by atoms with Crippen LogP contribution in [0.5, 0.6) is 0 Å². The molecule has 1 aliphatic heterocycles. The largest absolute Gasteiger partial charge is 0.444 e. The fourth-order valence-corrected chi connectivity index (χ4v) is 6.56. The Morgan fingerprint density at radius 3 is 2.46 bits per heavy atom. The molecule has 2 N–H and O–H groups in total. The van der Waals surface area contributed by atoms with Gasteiger partial charge in [0.25, 0.3) is 0 Å². The predicted octanol–water partition coefficient (Wildman–Crippen LogP) is 9.11. The number of ether oxygens (including phenoxy) is 2. The number of carbonyl (C=O) groups is 2. The molecule has 8 nitrogen and oxygen atoms in total. The van der Waals surface area contributed by atoms with Gasteiger partial charge in [0.2, 0.25) is 0 Å². The molecule has 3 aromatic rings. The average molecular weight is 655 g/mol. The first kappa shape index (κ1) is 35.2. The van der Waals surface area contributed by atoms with Gasteiger partial charge < -0.3 is 20.1 Å². The SMILES string of the molecule is CCCCCc1cc(C[C@H](NC(=O)OC(C)(C)C)C2CN(C3(c4cccc(C(C)(C)C)c4)CC3)C(=O)O2)ccc1Nc1cccc(C)n1. The van der Waals surface area contributed by atoms with Crippen LogP contribution >= 0.6 is 0 Å². The third-order valence-corrected chi connectivity index (χ3v) is 9.32. The number of pyridine rings is 1. The maximum Gasteiger partial charge on any atom is 0.411 e. The molecule has 2 amide bonds. The Bertz CT molecular complexity index is 1600. The third-order valence-electron chi connectivity index (χ3n) is 9.32. The van der Waals surface area contributed by atoms with Crippen molar-refractivity contribution < 1.29 is 19.1 Å². The van der Waals surface area contributed by atoms with Crippen molar-refractivity contribution in [2.24, 2.45) is 0 Å². The molecule has 1 saturated carbocycles. The van der Waals surface area contributed by atoms with Crippen LogP contribution in [-0.4, -0.2) is 46.4 Å². The van der Waals surface area contributed by atoms with Crippen LogP contribution in [0.25, 0.3) is 0 Å². The number of rotatable bonds is 12. The first-order valence-corrected chi connectivity index (χ1v) is 17.6. The number of alkyl carbamates (subject to hydrolysis) is 1. The van der Waals surface area contributed by atoms with E-state index in [1.165, 1.54) is 11.1 Å². The van der Waals surface area contributed by atoms with E-state index in [4.69, 9.17) is 9.47 Å². The highest BCUT2D eigenvalue weighted by molar-refractivity contribution is 5.73. The highest BCUT2D eigenvalue weighted by atomic mass is 16.6. The minimum Gasteiger partial charge on any atom is -0.444 e. The lowest BCUT2D eigenvalue weighted by Gasteiger charge is -2.29. The van der Waals surface area contributed by atoms with E-state index in [1.54, 1.807) is 0 Å². The molecule has 258 valence electrons. The van der Waals surface area contributed by atoms with Gasteiger partial charge in [-0.3, -0.25) is 4.90 Å². The number of anilines is 2. The number of cyclic esters (lactones) is 1. The fourth-order valence-electron chi connectivity index (χ4n) is 6.56. The van der Waals surface area contributed by atoms with Crippen molar-refractivity contribution in [2.45, 2.75) is 129 Å². The van der Waals surface area contributed by atoms with Gasteiger partial charge in [0.15, 0.2) is 0 Å². The number of carbonyl (C=O) groups excluding carboxylic acids is 2. The highest BCUT2D eigenvalue weighted by Gasteiger charge is 2.56. The van der Waals surface area contributed by atoms with Crippen molar-refractivity contribution in [2.75, 3.05) is 11.9 Å². The molecule has 8 heteroatoms. The lowest BCUT2D eigenvalue weighted by molar-refractivity contribution is 0.0436. The molecule has 5 rings (SSSR count). The molecule has 2 atom stereocenters. The summed E-state index contributed by atoms with van der Waals surface area (Å²) in [5, 5.41) is 6.61. The highest BCUT2D eigenvalue weighted by Crippen LogP contribution is 2.53. The van der Waals surface area contributed by atoms with E-state index in [-0.39, 0.29) is 17.0 Å². The number of unbranched alkanes of at least 4 members (excludes halogenated alkanes) is 2. The van der Waals surface area contributed by atoms with Gasteiger partial charge in [0.1, 0.15) is 17.5 Å². The van der Waals surface area contributed by atoms with Crippen LogP contribution in [0.2, 0.25) is 0 Å². The summed E-state index contributed by atoms with van der Waals surface area (Å²) in [6.07, 6.45) is 5.14. The van der Waals surface area contributed by atoms with E-state index >= 15 is 0 Å². The van der Waals surface area contributed by atoms with Crippen molar-refractivity contribution >= 4 is 23.7 Å². The summed E-state index contributed by atoms with van der Waals surface area (Å²) in [6.45, 7) is 16.7. The smallest absolute Gasteiger partial charge is 0.411 e. The molecule has 1 unspecified atom stereocenters. The number of aromatic nitrogens is 1. The average Bonchev–Trinajstić information content (AvgIpc) is 3.71. The summed E-state index contributed by atoms with van der Waals surface area (Å²) >= 11 is 0. The summed E-state index contributed by atoms with van der Waals surface area (Å²) in [5.41, 5.74) is 5.57. The number of nitrogens with zero attached hydrogens (tertiary/aromatic N) is 2. The number of amides is 2. The third kappa shape index (κ3) is 8.69. The van der Waals surface area contributed by atoms with Crippen molar-refractivity contribution in [3.63, 3.8) is 0 Å². The number of nitrogens with one attached hydrogen (secondary N) is 2. The van der Waals surface area contributed by atoms with Crippen LogP contribution in [0, 0.1) is 6.92 Å². The number of benzene rings is 2. The zero-order chi connectivity index (χ0) is 34.7. The standard InChI is InChI=1S/C40H54N4O4/c1-9-10-11-15-29-23-28(19-20-32(29)42-35-18-12-14-27(2)41-35)24-33(43-36(45)48-39(6,7)8)34-26-44(37(46)47-34)40(21-22-40)31-17-13-16-30(25-31)38(3,4)5/h12-14,16-20,23,25,33-34H,9-11,15,21-22,24,26H2,1-8H3,(H,41,42)(H,43,45)/t33-,34?/m0/s1. The Labute approximate surface area is 287 Å². The molecule has 2 heterocycles. The van der Waals surface area contributed by atoms with Crippen molar-refractivity contribution in [1.29, 1.82) is 0 Å². The monoisotopic (exact) mass is 654 g/mol. The van der Waals surface area contributed by atoms with E-state index in [1.807, 2.05) is 50.8 Å². The van der Waals surface area contributed by atoms with E-state index in [9.17, 15) is 9.59 Å². The van der Waals surface area contributed by atoms with E-state index in [0.29, 0.717) is 13.0 Å². The van der Waals surface area contributed by atoms with Crippen LogP contribution in [0.3, 0.4) is 0 Å². The maximum atomic E-state index is 13.6. The molecule has 2 aliphatic rings. The molecule has 1 saturated heterocycles. The lowest BCUT2D eigenvalue weighted by atomic mass is 9.85. The Morgan fingerprint density at radius 1 is 1.04 bits per heavy atom. The van der Waals surface area contributed by atoms with Crippen molar-refractivity contribution in [3.05, 3.63) is 88.6 Å². The molecule has 1 aromatic heterocycles. The summed E-state index contributed by atoms with van der Waals surface area (Å²) < 4.78 is 11.8. The first-order chi connectivity index (χ1) is 22.7. The molecule has 48 heavy (non-hydrogen) atoms. The Balaban J connectivity index is 1.41. The van der Waals surface area contributed by atoms with Gasteiger partial charge in [0, 0.05) is 11.4 Å². The normalized spacial score (nSPS) is 17.9. The van der Waals surface area contributed by atoms with E-state index in [0.717, 1.165) is 66.9 Å². The topological polar surface area (TPSA) is 92.8 Å². The van der Waals surface area contributed by atoms with Crippen LogP contribution in [0.1, 0.15) is 109 Å². The quantitative estimate of drug-likeness (QED) is 0.189. The summed E-state index contributed by atoms with van der Waals surface area (Å²) in [7, 11) is 0. The van der Waals surface area contributed by atoms with Gasteiger partial charge in [-0.2, -0.15) is 0 Å². The number of hydrogen-bond donors (Lipinski definition) is 2. The minimum atomic E-state index is -0.660. The van der Waals surface area contributed by atoms with Gasteiger partial charge in [-0.15, -0.1) is 0 Å². The van der Waals surface area contributed by atoms with Crippen LogP contribution in [0.4, 0.5) is 21.1 Å². The number of aryl methyl sites for hydroxylation is 2. The van der Waals surface area contributed by atoms with Crippen LogP contribution < -0.4 is 10.6 Å². The lowest BCUT2D eigenvalue weighted by Crippen LogP contribution is -2.48. The second-order valence-corrected chi connectivity index (χ2v) is 15.6. The summed E-state index contributed by atoms with van der Waals surface area (Å²) in [5.74, 6) is 0.809. The maximum absolute atomic E-state index is 13.6.